The zero-order chi connectivity index (χ0) is 8.39. The van der Waals surface area contributed by atoms with Crippen LogP contribution in [0.2, 0.25) is 0 Å². The second-order valence-corrected chi connectivity index (χ2v) is 2.71. The Balaban J connectivity index is 2.31. The highest BCUT2D eigenvalue weighted by Gasteiger charge is 2.13. The molecule has 0 aromatic carbocycles. The first kappa shape index (κ1) is 7.16. The first-order valence-corrected chi connectivity index (χ1v) is 3.82. The first-order valence-electron chi connectivity index (χ1n) is 3.82. The minimum Gasteiger partial charge on any atom is -0.478 e. The lowest BCUT2D eigenvalue weighted by Crippen LogP contribution is -2.13. The maximum Gasteiger partial charge on any atom is 0.160 e. The van der Waals surface area contributed by atoms with Crippen LogP contribution in [0.1, 0.15) is 5.69 Å². The van der Waals surface area contributed by atoms with Gasteiger partial charge in [-0.15, -0.1) is 0 Å². The van der Waals surface area contributed by atoms with Crippen LogP contribution in [0.4, 0.5) is 0 Å². The van der Waals surface area contributed by atoms with E-state index in [0.29, 0.717) is 6.73 Å². The van der Waals surface area contributed by atoms with Crippen molar-refractivity contribution in [3.05, 3.63) is 36.4 Å². The van der Waals surface area contributed by atoms with Gasteiger partial charge in [-0.25, -0.2) is 0 Å². The quantitative estimate of drug-likeness (QED) is 0.622. The van der Waals surface area contributed by atoms with Crippen molar-refractivity contribution in [3.8, 4) is 0 Å². The highest BCUT2D eigenvalue weighted by molar-refractivity contribution is 5.60. The fraction of sp³-hybridized carbons (Fsp3) is 0.222. The predicted molar refractivity (Wildman–Crippen MR) is 45.9 cm³/mol. The summed E-state index contributed by atoms with van der Waals surface area (Å²) in [5.74, 6) is 0. The maximum atomic E-state index is 5.15. The van der Waals surface area contributed by atoms with Gasteiger partial charge in [0, 0.05) is 13.2 Å². The molecule has 1 aliphatic rings. The number of aromatic nitrogens is 1. The van der Waals surface area contributed by atoms with Crippen LogP contribution in [0, 0.1) is 0 Å². The number of pyridine rings is 1. The summed E-state index contributed by atoms with van der Waals surface area (Å²) in [5, 5.41) is 0. The summed E-state index contributed by atoms with van der Waals surface area (Å²) in [6, 6.07) is 5.84. The smallest absolute Gasteiger partial charge is 0.160 e. The molecule has 0 bridgehead atoms. The van der Waals surface area contributed by atoms with E-state index in [1.165, 1.54) is 0 Å². The average molecular weight is 162 g/mol. The number of rotatable bonds is 1. The Morgan fingerprint density at radius 2 is 2.42 bits per heavy atom. The Morgan fingerprint density at radius 1 is 1.50 bits per heavy atom. The van der Waals surface area contributed by atoms with E-state index in [4.69, 9.17) is 4.74 Å². The minimum absolute atomic E-state index is 0.617. The van der Waals surface area contributed by atoms with Crippen molar-refractivity contribution in [2.75, 3.05) is 13.8 Å². The van der Waals surface area contributed by atoms with Crippen LogP contribution >= 0.6 is 0 Å². The Bertz CT molecular complexity index is 295. The van der Waals surface area contributed by atoms with Crippen molar-refractivity contribution in [1.29, 1.82) is 0 Å². The summed E-state index contributed by atoms with van der Waals surface area (Å²) in [5.41, 5.74) is 1.99. The normalized spacial score (nSPS) is 15.8. The monoisotopic (exact) mass is 162 g/mol. The predicted octanol–water partition coefficient (Wildman–Crippen LogP) is 1.30. The molecule has 0 unspecified atom stereocenters. The molecule has 2 heterocycles. The van der Waals surface area contributed by atoms with Gasteiger partial charge in [0.2, 0.25) is 0 Å². The molecule has 0 aliphatic carbocycles. The van der Waals surface area contributed by atoms with Gasteiger partial charge < -0.3 is 9.64 Å². The molecule has 0 amide bonds. The number of hydrogen-bond acceptors (Lipinski definition) is 3. The van der Waals surface area contributed by atoms with Crippen molar-refractivity contribution in [3.63, 3.8) is 0 Å². The van der Waals surface area contributed by atoms with Gasteiger partial charge >= 0.3 is 0 Å². The molecule has 0 atom stereocenters. The molecule has 1 aromatic heterocycles. The molecule has 12 heavy (non-hydrogen) atoms. The second-order valence-electron chi connectivity index (χ2n) is 2.71. The summed E-state index contributed by atoms with van der Waals surface area (Å²) < 4.78 is 5.15. The molecule has 0 saturated carbocycles. The average Bonchev–Trinajstić information content (AvgIpc) is 2.53. The molecule has 0 fully saturated rings. The van der Waals surface area contributed by atoms with E-state index in [2.05, 4.69) is 4.98 Å². The van der Waals surface area contributed by atoms with Gasteiger partial charge in [0.25, 0.3) is 0 Å². The van der Waals surface area contributed by atoms with E-state index >= 15 is 0 Å². The molecular formula is C9H10N2O. The minimum atomic E-state index is 0.617. The highest BCUT2D eigenvalue weighted by atomic mass is 16.5. The molecule has 0 spiro atoms. The fourth-order valence-electron chi connectivity index (χ4n) is 1.16. The van der Waals surface area contributed by atoms with Crippen molar-refractivity contribution >= 4 is 5.70 Å². The van der Waals surface area contributed by atoms with E-state index in [0.717, 1.165) is 11.4 Å². The number of nitrogens with zero attached hydrogens (tertiary/aromatic N) is 2. The van der Waals surface area contributed by atoms with Crippen LogP contribution in [0.25, 0.3) is 5.70 Å². The summed E-state index contributed by atoms with van der Waals surface area (Å²) in [6.45, 7) is 0.617. The van der Waals surface area contributed by atoms with Crippen molar-refractivity contribution < 1.29 is 4.74 Å². The van der Waals surface area contributed by atoms with Crippen LogP contribution in [0.3, 0.4) is 0 Å². The van der Waals surface area contributed by atoms with Gasteiger partial charge in [-0.2, -0.15) is 0 Å². The summed E-state index contributed by atoms with van der Waals surface area (Å²) in [7, 11) is 1.98. The van der Waals surface area contributed by atoms with E-state index in [9.17, 15) is 0 Å². The van der Waals surface area contributed by atoms with Crippen LogP contribution in [0.5, 0.6) is 0 Å². The van der Waals surface area contributed by atoms with Crippen LogP contribution in [0.15, 0.2) is 30.7 Å². The van der Waals surface area contributed by atoms with Gasteiger partial charge in [0.1, 0.15) is 12.0 Å². The van der Waals surface area contributed by atoms with Gasteiger partial charge in [0.05, 0.1) is 5.69 Å². The summed E-state index contributed by atoms with van der Waals surface area (Å²) in [6.07, 6.45) is 3.52. The highest BCUT2D eigenvalue weighted by Crippen LogP contribution is 2.19. The lowest BCUT2D eigenvalue weighted by Gasteiger charge is -2.11. The Hall–Kier alpha value is -1.51. The molecule has 62 valence electrons. The molecule has 3 nitrogen and oxygen atoms in total. The molecule has 3 heteroatoms. The molecule has 0 N–H and O–H groups in total. The third-order valence-corrected chi connectivity index (χ3v) is 1.80. The van der Waals surface area contributed by atoms with Crippen LogP contribution in [-0.4, -0.2) is 23.7 Å². The fourth-order valence-corrected chi connectivity index (χ4v) is 1.16. The molecule has 0 radical (unpaired) electrons. The zero-order valence-electron chi connectivity index (χ0n) is 6.90. The molecule has 2 rings (SSSR count). The topological polar surface area (TPSA) is 25.4 Å². The SMILES string of the molecule is CN1COC=C1c1ccccn1. The lowest BCUT2D eigenvalue weighted by molar-refractivity contribution is 0.194. The second kappa shape index (κ2) is 2.85. The Kier molecular flexibility index (Phi) is 1.70. The van der Waals surface area contributed by atoms with Gasteiger partial charge in [-0.3, -0.25) is 4.98 Å². The molecule has 1 aromatic rings. The molecule has 1 aliphatic heterocycles. The van der Waals surface area contributed by atoms with Crippen molar-refractivity contribution in [2.45, 2.75) is 0 Å². The number of ether oxygens (including phenoxy) is 1. The van der Waals surface area contributed by atoms with E-state index in [-0.39, 0.29) is 0 Å². The van der Waals surface area contributed by atoms with Crippen LogP contribution in [-0.2, 0) is 4.74 Å². The van der Waals surface area contributed by atoms with E-state index in [1.54, 1.807) is 12.5 Å². The molecular weight excluding hydrogens is 152 g/mol. The Labute approximate surface area is 71.3 Å². The standard InChI is InChI=1S/C9H10N2O/c1-11-7-12-6-9(11)8-4-2-3-5-10-8/h2-6H,7H2,1H3. The maximum absolute atomic E-state index is 5.15. The summed E-state index contributed by atoms with van der Waals surface area (Å²) in [4.78, 5) is 6.24. The van der Waals surface area contributed by atoms with E-state index < -0.39 is 0 Å². The van der Waals surface area contributed by atoms with Crippen LogP contribution < -0.4 is 0 Å². The third kappa shape index (κ3) is 1.13. The Morgan fingerprint density at radius 3 is 3.00 bits per heavy atom. The van der Waals surface area contributed by atoms with Crippen molar-refractivity contribution in [2.24, 2.45) is 0 Å². The summed E-state index contributed by atoms with van der Waals surface area (Å²) >= 11 is 0. The largest absolute Gasteiger partial charge is 0.478 e. The third-order valence-electron chi connectivity index (χ3n) is 1.80. The zero-order valence-corrected chi connectivity index (χ0v) is 6.90. The van der Waals surface area contributed by atoms with Crippen molar-refractivity contribution in [1.82, 2.24) is 9.88 Å². The number of hydrogen-bond donors (Lipinski definition) is 0. The van der Waals surface area contributed by atoms with E-state index in [1.807, 2.05) is 30.1 Å². The van der Waals surface area contributed by atoms with Gasteiger partial charge in [0.15, 0.2) is 6.73 Å². The lowest BCUT2D eigenvalue weighted by atomic mass is 10.3. The first-order chi connectivity index (χ1) is 5.88. The van der Waals surface area contributed by atoms with Gasteiger partial charge in [-0.1, -0.05) is 6.07 Å². The van der Waals surface area contributed by atoms with Gasteiger partial charge in [-0.05, 0) is 12.1 Å². The molecule has 0 saturated heterocycles.